The van der Waals surface area contributed by atoms with E-state index in [0.717, 1.165) is 12.8 Å². The van der Waals surface area contributed by atoms with Gasteiger partial charge in [0.1, 0.15) is 0 Å². The maximum Gasteiger partial charge on any atom is 0.237 e. The Morgan fingerprint density at radius 1 is 1.62 bits per heavy atom. The summed E-state index contributed by atoms with van der Waals surface area (Å²) in [6, 6.07) is -0.461. The number of carbonyl (C=O) groups excluding carboxylic acids is 1. The predicted molar refractivity (Wildman–Crippen MR) is 66.1 cm³/mol. The molecule has 92 valence electrons. The second kappa shape index (κ2) is 5.46. The maximum absolute atomic E-state index is 11.6. The van der Waals surface area contributed by atoms with Crippen LogP contribution in [-0.2, 0) is 4.79 Å². The molecule has 0 aromatic heterocycles. The van der Waals surface area contributed by atoms with Crippen molar-refractivity contribution < 1.29 is 4.79 Å². The van der Waals surface area contributed by atoms with Crippen LogP contribution in [0.4, 0.5) is 0 Å². The fourth-order valence-corrected chi connectivity index (χ4v) is 2.04. The molecule has 16 heavy (non-hydrogen) atoms. The lowest BCUT2D eigenvalue weighted by atomic mass is 9.75. The fourth-order valence-electron chi connectivity index (χ4n) is 2.04. The number of likely N-dealkylation sites (N-methyl/N-ethyl adjacent to an activating group) is 1. The van der Waals surface area contributed by atoms with Gasteiger partial charge in [-0.3, -0.25) is 4.79 Å². The van der Waals surface area contributed by atoms with E-state index in [9.17, 15) is 4.79 Å². The number of hydrogen-bond acceptors (Lipinski definition) is 3. The topological polar surface area (TPSA) is 58.4 Å². The van der Waals surface area contributed by atoms with Gasteiger partial charge in [-0.1, -0.05) is 6.08 Å². The SMILES string of the molecule is C=CCC(N)C(=O)NCC1(N(C)C)CCC1. The molecule has 3 N–H and O–H groups in total. The highest BCUT2D eigenvalue weighted by atomic mass is 16.2. The minimum absolute atomic E-state index is 0.0759. The monoisotopic (exact) mass is 225 g/mol. The lowest BCUT2D eigenvalue weighted by Gasteiger charge is -2.47. The van der Waals surface area contributed by atoms with E-state index >= 15 is 0 Å². The van der Waals surface area contributed by atoms with Gasteiger partial charge < -0.3 is 16.0 Å². The average Bonchev–Trinajstić information content (AvgIpc) is 2.15. The second-order valence-corrected chi connectivity index (χ2v) is 4.82. The lowest BCUT2D eigenvalue weighted by molar-refractivity contribution is -0.123. The third-order valence-corrected chi connectivity index (χ3v) is 3.58. The number of hydrogen-bond donors (Lipinski definition) is 2. The third-order valence-electron chi connectivity index (χ3n) is 3.58. The molecule has 1 fully saturated rings. The van der Waals surface area contributed by atoms with Crippen LogP contribution in [0.15, 0.2) is 12.7 Å². The molecule has 1 rings (SSSR count). The molecule has 1 saturated carbocycles. The first-order valence-corrected chi connectivity index (χ1v) is 5.83. The molecule has 0 heterocycles. The molecule has 0 bridgehead atoms. The molecule has 1 atom stereocenters. The third kappa shape index (κ3) is 2.83. The van der Waals surface area contributed by atoms with E-state index in [0.29, 0.717) is 13.0 Å². The molecular formula is C12H23N3O. The van der Waals surface area contributed by atoms with Gasteiger partial charge in [0.2, 0.25) is 5.91 Å². The van der Waals surface area contributed by atoms with Crippen LogP contribution in [0, 0.1) is 0 Å². The van der Waals surface area contributed by atoms with Crippen LogP contribution in [0.2, 0.25) is 0 Å². The van der Waals surface area contributed by atoms with E-state index < -0.39 is 6.04 Å². The van der Waals surface area contributed by atoms with Crippen molar-refractivity contribution in [3.8, 4) is 0 Å². The van der Waals surface area contributed by atoms with Gasteiger partial charge >= 0.3 is 0 Å². The quantitative estimate of drug-likeness (QED) is 0.647. The highest BCUT2D eigenvalue weighted by molar-refractivity contribution is 5.81. The number of nitrogens with one attached hydrogen (secondary N) is 1. The van der Waals surface area contributed by atoms with Gasteiger partial charge in [-0.05, 0) is 39.8 Å². The Balaban J connectivity index is 2.38. The van der Waals surface area contributed by atoms with Crippen LogP contribution < -0.4 is 11.1 Å². The summed E-state index contributed by atoms with van der Waals surface area (Å²) in [6.07, 6.45) is 5.75. The number of carbonyl (C=O) groups is 1. The molecule has 4 nitrogen and oxygen atoms in total. The van der Waals surface area contributed by atoms with Gasteiger partial charge in [0.05, 0.1) is 6.04 Å². The van der Waals surface area contributed by atoms with Gasteiger partial charge in [-0.2, -0.15) is 0 Å². The molecule has 1 aliphatic rings. The molecule has 0 saturated heterocycles. The van der Waals surface area contributed by atoms with Gasteiger partial charge in [-0.15, -0.1) is 6.58 Å². The highest BCUT2D eigenvalue weighted by Crippen LogP contribution is 2.35. The standard InChI is InChI=1S/C12H23N3O/c1-4-6-10(13)11(16)14-9-12(15(2)3)7-5-8-12/h4,10H,1,5-9,13H2,2-3H3,(H,14,16). The molecule has 1 unspecified atom stereocenters. The van der Waals surface area contributed by atoms with Crippen molar-refractivity contribution in [2.75, 3.05) is 20.6 Å². The molecule has 0 aromatic rings. The molecule has 0 spiro atoms. The van der Waals surface area contributed by atoms with Crippen molar-refractivity contribution in [2.45, 2.75) is 37.3 Å². The van der Waals surface area contributed by atoms with Crippen molar-refractivity contribution >= 4 is 5.91 Å². The molecule has 0 aliphatic heterocycles. The summed E-state index contributed by atoms with van der Waals surface area (Å²) in [6.45, 7) is 4.28. The molecule has 1 amide bonds. The number of rotatable bonds is 6. The van der Waals surface area contributed by atoms with Crippen molar-refractivity contribution in [1.82, 2.24) is 10.2 Å². The number of amides is 1. The maximum atomic E-state index is 11.6. The zero-order valence-corrected chi connectivity index (χ0v) is 10.3. The van der Waals surface area contributed by atoms with Crippen molar-refractivity contribution in [3.05, 3.63) is 12.7 Å². The van der Waals surface area contributed by atoms with Gasteiger partial charge in [0.15, 0.2) is 0 Å². The Morgan fingerprint density at radius 2 is 2.25 bits per heavy atom. The summed E-state index contributed by atoms with van der Waals surface area (Å²) < 4.78 is 0. The first kappa shape index (κ1) is 13.2. The molecular weight excluding hydrogens is 202 g/mol. The van der Waals surface area contributed by atoms with E-state index in [4.69, 9.17) is 5.73 Å². The predicted octanol–water partition coefficient (Wildman–Crippen LogP) is 0.490. The van der Waals surface area contributed by atoms with Crippen LogP contribution in [0.5, 0.6) is 0 Å². The highest BCUT2D eigenvalue weighted by Gasteiger charge is 2.39. The van der Waals surface area contributed by atoms with Crippen LogP contribution in [0.25, 0.3) is 0 Å². The summed E-state index contributed by atoms with van der Waals surface area (Å²) in [7, 11) is 4.13. The molecule has 1 aliphatic carbocycles. The van der Waals surface area contributed by atoms with Crippen LogP contribution >= 0.6 is 0 Å². The minimum atomic E-state index is -0.461. The van der Waals surface area contributed by atoms with Crippen molar-refractivity contribution in [1.29, 1.82) is 0 Å². The van der Waals surface area contributed by atoms with Crippen molar-refractivity contribution in [2.24, 2.45) is 5.73 Å². The molecule has 0 radical (unpaired) electrons. The summed E-state index contributed by atoms with van der Waals surface area (Å²) in [5.41, 5.74) is 5.85. The second-order valence-electron chi connectivity index (χ2n) is 4.82. The number of nitrogens with two attached hydrogens (primary N) is 1. The van der Waals surface area contributed by atoms with Gasteiger partial charge in [-0.25, -0.2) is 0 Å². The van der Waals surface area contributed by atoms with E-state index in [2.05, 4.69) is 30.9 Å². The Bertz CT molecular complexity index is 259. The average molecular weight is 225 g/mol. The van der Waals surface area contributed by atoms with E-state index in [-0.39, 0.29) is 11.4 Å². The van der Waals surface area contributed by atoms with E-state index in [1.165, 1.54) is 6.42 Å². The van der Waals surface area contributed by atoms with Crippen LogP contribution in [-0.4, -0.2) is 43.0 Å². The molecule has 4 heteroatoms. The van der Waals surface area contributed by atoms with Crippen LogP contribution in [0.3, 0.4) is 0 Å². The summed E-state index contributed by atoms with van der Waals surface area (Å²) in [5, 5.41) is 2.94. The summed E-state index contributed by atoms with van der Waals surface area (Å²) >= 11 is 0. The van der Waals surface area contributed by atoms with Crippen molar-refractivity contribution in [3.63, 3.8) is 0 Å². The fraction of sp³-hybridized carbons (Fsp3) is 0.750. The largest absolute Gasteiger partial charge is 0.353 e. The minimum Gasteiger partial charge on any atom is -0.353 e. The summed E-state index contributed by atoms with van der Waals surface area (Å²) in [5.74, 6) is -0.0759. The number of nitrogens with zero attached hydrogens (tertiary/aromatic N) is 1. The Kier molecular flexibility index (Phi) is 4.50. The van der Waals surface area contributed by atoms with Gasteiger partial charge in [0.25, 0.3) is 0 Å². The Labute approximate surface area is 97.9 Å². The zero-order chi connectivity index (χ0) is 12.2. The lowest BCUT2D eigenvalue weighted by Crippen LogP contribution is -2.58. The molecule has 0 aromatic carbocycles. The van der Waals surface area contributed by atoms with E-state index in [1.54, 1.807) is 6.08 Å². The first-order chi connectivity index (χ1) is 7.52. The Morgan fingerprint density at radius 3 is 2.62 bits per heavy atom. The smallest absolute Gasteiger partial charge is 0.237 e. The normalized spacial score (nSPS) is 20.0. The first-order valence-electron chi connectivity index (χ1n) is 5.83. The van der Waals surface area contributed by atoms with Crippen LogP contribution in [0.1, 0.15) is 25.7 Å². The summed E-state index contributed by atoms with van der Waals surface area (Å²) in [4.78, 5) is 13.8. The zero-order valence-electron chi connectivity index (χ0n) is 10.3. The van der Waals surface area contributed by atoms with E-state index in [1.807, 2.05) is 0 Å². The van der Waals surface area contributed by atoms with Gasteiger partial charge in [0, 0.05) is 12.1 Å². The Hall–Kier alpha value is -0.870.